The molecular formula is C26H32N8O2S. The summed E-state index contributed by atoms with van der Waals surface area (Å²) in [6, 6.07) is 2.47. The second-order valence-electron chi connectivity index (χ2n) is 11.0. The Balaban J connectivity index is 1.18. The third kappa shape index (κ3) is 4.84. The molecule has 0 bridgehead atoms. The van der Waals surface area contributed by atoms with E-state index in [9.17, 15) is 4.79 Å². The van der Waals surface area contributed by atoms with Crippen LogP contribution in [0.3, 0.4) is 0 Å². The Morgan fingerprint density at radius 3 is 2.59 bits per heavy atom. The van der Waals surface area contributed by atoms with Gasteiger partial charge in [0.25, 0.3) is 0 Å². The topological polar surface area (TPSA) is 111 Å². The second kappa shape index (κ2) is 9.51. The summed E-state index contributed by atoms with van der Waals surface area (Å²) in [5.74, 6) is 0.794. The molecule has 2 fully saturated rings. The van der Waals surface area contributed by atoms with E-state index >= 15 is 0 Å². The van der Waals surface area contributed by atoms with E-state index in [0.717, 1.165) is 65.8 Å². The molecule has 4 aromatic rings. The molecule has 0 unspecified atom stereocenters. The van der Waals surface area contributed by atoms with Crippen molar-refractivity contribution in [2.45, 2.75) is 70.9 Å². The van der Waals surface area contributed by atoms with Gasteiger partial charge in [-0.15, -0.1) is 0 Å². The van der Waals surface area contributed by atoms with Crippen molar-refractivity contribution in [2.24, 2.45) is 5.92 Å². The highest BCUT2D eigenvalue weighted by Gasteiger charge is 2.30. The lowest BCUT2D eigenvalue weighted by Gasteiger charge is -2.32. The van der Waals surface area contributed by atoms with E-state index in [1.165, 1.54) is 24.4 Å². The van der Waals surface area contributed by atoms with Crippen molar-refractivity contribution in [1.29, 1.82) is 0 Å². The highest BCUT2D eigenvalue weighted by molar-refractivity contribution is 7.09. The van der Waals surface area contributed by atoms with Gasteiger partial charge in [-0.05, 0) is 52.5 Å². The molecule has 11 heteroatoms. The Hall–Kier alpha value is -3.34. The minimum atomic E-state index is -0.457. The standard InChI is InChI=1S/C26H32N8O2S/c1-26(2,3)36-22(35)16-9-12-33(13-10-16)25-31-24(32-37-25)30-23-28-14-19-18-8-11-27-15-20(18)34(21(19)29-23)17-6-4-5-7-17/h8,11,14-17H,4-7,9-10,12-13H2,1-3H3,(H,28,29,30,32). The van der Waals surface area contributed by atoms with Gasteiger partial charge in [-0.2, -0.15) is 14.3 Å². The average Bonchev–Trinajstić information content (AvgIpc) is 3.62. The summed E-state index contributed by atoms with van der Waals surface area (Å²) in [4.78, 5) is 33.2. The number of carbonyl (C=O) groups excluding carboxylic acids is 1. The molecule has 10 nitrogen and oxygen atoms in total. The third-order valence-corrected chi connectivity index (χ3v) is 7.96. The minimum absolute atomic E-state index is 0.0667. The van der Waals surface area contributed by atoms with Gasteiger partial charge in [0.15, 0.2) is 0 Å². The van der Waals surface area contributed by atoms with Gasteiger partial charge in [0.05, 0.1) is 17.6 Å². The van der Waals surface area contributed by atoms with E-state index in [1.54, 1.807) is 0 Å². The van der Waals surface area contributed by atoms with Crippen molar-refractivity contribution in [3.05, 3.63) is 24.7 Å². The maximum absolute atomic E-state index is 12.4. The predicted octanol–water partition coefficient (Wildman–Crippen LogP) is 5.25. The smallest absolute Gasteiger partial charge is 0.309 e. The molecule has 0 atom stereocenters. The van der Waals surface area contributed by atoms with Gasteiger partial charge in [-0.1, -0.05) is 12.8 Å². The van der Waals surface area contributed by atoms with E-state index in [4.69, 9.17) is 14.7 Å². The Morgan fingerprint density at radius 2 is 1.84 bits per heavy atom. The van der Waals surface area contributed by atoms with Crippen LogP contribution in [0, 0.1) is 5.92 Å². The fourth-order valence-electron chi connectivity index (χ4n) is 5.45. The highest BCUT2D eigenvalue weighted by atomic mass is 32.1. The average molecular weight is 521 g/mol. The van der Waals surface area contributed by atoms with E-state index in [2.05, 4.69) is 29.1 Å². The molecule has 0 aromatic carbocycles. The Bertz CT molecular complexity index is 1430. The first-order chi connectivity index (χ1) is 17.9. The highest BCUT2D eigenvalue weighted by Crippen LogP contribution is 2.37. The van der Waals surface area contributed by atoms with Gasteiger partial charge in [-0.3, -0.25) is 15.1 Å². The third-order valence-electron chi connectivity index (χ3n) is 7.18. The van der Waals surface area contributed by atoms with Crippen LogP contribution < -0.4 is 10.2 Å². The lowest BCUT2D eigenvalue weighted by Crippen LogP contribution is -2.38. The van der Waals surface area contributed by atoms with Crippen LogP contribution in [0.4, 0.5) is 17.0 Å². The van der Waals surface area contributed by atoms with Crippen molar-refractivity contribution >= 4 is 56.5 Å². The number of anilines is 3. The van der Waals surface area contributed by atoms with Crippen LogP contribution in [0.1, 0.15) is 65.3 Å². The van der Waals surface area contributed by atoms with E-state index in [1.807, 2.05) is 45.4 Å². The molecule has 0 spiro atoms. The number of nitrogens with zero attached hydrogens (tertiary/aromatic N) is 7. The van der Waals surface area contributed by atoms with Crippen LogP contribution in [0.25, 0.3) is 21.9 Å². The molecule has 2 aliphatic rings. The summed E-state index contributed by atoms with van der Waals surface area (Å²) in [6.07, 6.45) is 11.9. The lowest BCUT2D eigenvalue weighted by atomic mass is 9.97. The van der Waals surface area contributed by atoms with E-state index in [0.29, 0.717) is 17.9 Å². The maximum Gasteiger partial charge on any atom is 0.309 e. The second-order valence-corrected chi connectivity index (χ2v) is 11.7. The Kier molecular flexibility index (Phi) is 6.18. The van der Waals surface area contributed by atoms with Crippen LogP contribution in [-0.4, -0.2) is 53.5 Å². The number of fused-ring (bicyclic) bond motifs is 3. The van der Waals surface area contributed by atoms with Crippen molar-refractivity contribution in [2.75, 3.05) is 23.3 Å². The molecule has 0 radical (unpaired) electrons. The summed E-state index contributed by atoms with van der Waals surface area (Å²) in [6.45, 7) is 7.21. The maximum atomic E-state index is 12.4. The Labute approximate surface area is 219 Å². The zero-order chi connectivity index (χ0) is 25.6. The molecule has 1 saturated carbocycles. The van der Waals surface area contributed by atoms with Crippen molar-refractivity contribution < 1.29 is 9.53 Å². The largest absolute Gasteiger partial charge is 0.460 e. The number of hydrogen-bond acceptors (Lipinski definition) is 10. The van der Waals surface area contributed by atoms with Gasteiger partial charge >= 0.3 is 5.97 Å². The summed E-state index contributed by atoms with van der Waals surface area (Å²) in [7, 11) is 0. The number of ether oxygens (including phenoxy) is 1. The van der Waals surface area contributed by atoms with Gasteiger partial charge in [0.2, 0.25) is 17.0 Å². The number of rotatable bonds is 5. The monoisotopic (exact) mass is 520 g/mol. The summed E-state index contributed by atoms with van der Waals surface area (Å²) in [5.41, 5.74) is 1.58. The quantitative estimate of drug-likeness (QED) is 0.353. The van der Waals surface area contributed by atoms with Crippen molar-refractivity contribution in [3.8, 4) is 0 Å². The lowest BCUT2D eigenvalue weighted by molar-refractivity contribution is -0.160. The van der Waals surface area contributed by atoms with Crippen LogP contribution in [0.15, 0.2) is 24.7 Å². The van der Waals surface area contributed by atoms with E-state index < -0.39 is 5.60 Å². The molecule has 1 aliphatic carbocycles. The minimum Gasteiger partial charge on any atom is -0.460 e. The number of nitrogens with one attached hydrogen (secondary N) is 1. The van der Waals surface area contributed by atoms with Crippen LogP contribution in [0.5, 0.6) is 0 Å². The molecular weight excluding hydrogens is 488 g/mol. The predicted molar refractivity (Wildman–Crippen MR) is 144 cm³/mol. The van der Waals surface area contributed by atoms with E-state index in [-0.39, 0.29) is 11.9 Å². The Morgan fingerprint density at radius 1 is 1.05 bits per heavy atom. The molecule has 1 aliphatic heterocycles. The molecule has 1 saturated heterocycles. The number of carbonyl (C=O) groups is 1. The summed E-state index contributed by atoms with van der Waals surface area (Å²) in [5, 5.41) is 6.21. The van der Waals surface area contributed by atoms with Crippen LogP contribution >= 0.6 is 11.5 Å². The SMILES string of the molecule is CC(C)(C)OC(=O)C1CCN(c2nc(Nc3ncc4c5ccncc5n(C5CCCC5)c4n3)ns2)CC1. The zero-order valence-electron chi connectivity index (χ0n) is 21.5. The first kappa shape index (κ1) is 24.0. The van der Waals surface area contributed by atoms with Gasteiger partial charge in [0, 0.05) is 53.8 Å². The van der Waals surface area contributed by atoms with Gasteiger partial charge < -0.3 is 14.2 Å². The number of aromatic nitrogens is 6. The first-order valence-electron chi connectivity index (χ1n) is 13.0. The molecule has 194 valence electrons. The molecule has 37 heavy (non-hydrogen) atoms. The molecule has 1 N–H and O–H groups in total. The summed E-state index contributed by atoms with van der Waals surface area (Å²) >= 11 is 1.34. The number of hydrogen-bond donors (Lipinski definition) is 1. The first-order valence-corrected chi connectivity index (χ1v) is 13.8. The van der Waals surface area contributed by atoms with Crippen LogP contribution in [0.2, 0.25) is 0 Å². The molecule has 0 amide bonds. The summed E-state index contributed by atoms with van der Waals surface area (Å²) < 4.78 is 12.4. The number of piperidine rings is 1. The van der Waals surface area contributed by atoms with Crippen molar-refractivity contribution in [1.82, 2.24) is 28.9 Å². The normalized spacial score (nSPS) is 17.6. The number of esters is 1. The van der Waals surface area contributed by atoms with Crippen molar-refractivity contribution in [3.63, 3.8) is 0 Å². The zero-order valence-corrected chi connectivity index (χ0v) is 22.3. The fourth-order valence-corrected chi connectivity index (χ4v) is 6.12. The van der Waals surface area contributed by atoms with Crippen LogP contribution in [-0.2, 0) is 9.53 Å². The molecule has 5 heterocycles. The van der Waals surface area contributed by atoms with Gasteiger partial charge in [0.1, 0.15) is 11.2 Å². The number of pyridine rings is 1. The fraction of sp³-hybridized carbons (Fsp3) is 0.538. The molecule has 6 rings (SSSR count). The molecule has 4 aromatic heterocycles. The van der Waals surface area contributed by atoms with Gasteiger partial charge in [-0.25, -0.2) is 4.98 Å².